The summed E-state index contributed by atoms with van der Waals surface area (Å²) in [5.74, 6) is 0.668. The highest BCUT2D eigenvalue weighted by atomic mass is 16.2. The zero-order valence-corrected chi connectivity index (χ0v) is 13.6. The first-order valence-corrected chi connectivity index (χ1v) is 7.93. The monoisotopic (exact) mass is 303 g/mol. The Labute approximate surface area is 132 Å². The van der Waals surface area contributed by atoms with Crippen LogP contribution in [0.1, 0.15) is 44.0 Å². The smallest absolute Gasteiger partial charge is 0.319 e. The molecule has 0 aromatic heterocycles. The number of nitrogens with one attached hydrogen (secondary N) is 2. The second-order valence-corrected chi connectivity index (χ2v) is 6.27. The molecule has 1 aromatic rings. The Balaban J connectivity index is 2.10. The van der Waals surface area contributed by atoms with E-state index in [0.717, 1.165) is 25.9 Å². The lowest BCUT2D eigenvalue weighted by atomic mass is 9.98. The maximum Gasteiger partial charge on any atom is 0.319 e. The van der Waals surface area contributed by atoms with Gasteiger partial charge < -0.3 is 15.5 Å². The van der Waals surface area contributed by atoms with E-state index in [1.807, 2.05) is 30.9 Å². The van der Waals surface area contributed by atoms with E-state index < -0.39 is 0 Å². The summed E-state index contributed by atoms with van der Waals surface area (Å²) in [7, 11) is 0. The van der Waals surface area contributed by atoms with E-state index in [1.54, 1.807) is 12.1 Å². The second-order valence-electron chi connectivity index (χ2n) is 6.27. The molecular weight excluding hydrogens is 278 g/mol. The van der Waals surface area contributed by atoms with Crippen LogP contribution in [-0.2, 0) is 0 Å². The summed E-state index contributed by atoms with van der Waals surface area (Å²) in [6, 6.07) is 6.94. The number of para-hydroxylation sites is 1. The van der Waals surface area contributed by atoms with Gasteiger partial charge in [-0.3, -0.25) is 4.79 Å². The van der Waals surface area contributed by atoms with Crippen LogP contribution in [0, 0.1) is 5.92 Å². The van der Waals surface area contributed by atoms with Gasteiger partial charge in [0.15, 0.2) is 0 Å². The van der Waals surface area contributed by atoms with Crippen molar-refractivity contribution in [2.24, 2.45) is 5.92 Å². The van der Waals surface area contributed by atoms with Gasteiger partial charge in [0, 0.05) is 19.1 Å². The molecule has 0 aliphatic carbocycles. The fourth-order valence-electron chi connectivity index (χ4n) is 2.58. The molecule has 2 N–H and O–H groups in total. The number of amides is 3. The quantitative estimate of drug-likeness (QED) is 0.901. The molecule has 0 bridgehead atoms. The number of urea groups is 1. The van der Waals surface area contributed by atoms with Crippen LogP contribution in [0.15, 0.2) is 24.3 Å². The topological polar surface area (TPSA) is 61.4 Å². The lowest BCUT2D eigenvalue weighted by Gasteiger charge is -2.30. The van der Waals surface area contributed by atoms with Gasteiger partial charge >= 0.3 is 6.03 Å². The molecule has 0 radical (unpaired) electrons. The van der Waals surface area contributed by atoms with Gasteiger partial charge in [-0.05, 0) is 44.7 Å². The molecule has 0 spiro atoms. The van der Waals surface area contributed by atoms with Crippen LogP contribution >= 0.6 is 0 Å². The Bertz CT molecular complexity index is 534. The number of benzene rings is 1. The van der Waals surface area contributed by atoms with Crippen LogP contribution in [0.25, 0.3) is 0 Å². The van der Waals surface area contributed by atoms with Crippen molar-refractivity contribution in [2.75, 3.05) is 18.4 Å². The molecule has 1 heterocycles. The minimum Gasteiger partial charge on any atom is -0.339 e. The summed E-state index contributed by atoms with van der Waals surface area (Å²) in [6.45, 7) is 7.57. The van der Waals surface area contributed by atoms with Gasteiger partial charge in [-0.2, -0.15) is 0 Å². The third kappa shape index (κ3) is 4.23. The molecular formula is C17H25N3O2. The summed E-state index contributed by atoms with van der Waals surface area (Å²) in [6.07, 6.45) is 2.07. The zero-order chi connectivity index (χ0) is 16.1. The van der Waals surface area contributed by atoms with E-state index in [4.69, 9.17) is 0 Å². The number of carbonyl (C=O) groups is 2. The van der Waals surface area contributed by atoms with Crippen molar-refractivity contribution < 1.29 is 9.59 Å². The summed E-state index contributed by atoms with van der Waals surface area (Å²) in [5.41, 5.74) is 1.11. The largest absolute Gasteiger partial charge is 0.339 e. The number of likely N-dealkylation sites (tertiary alicyclic amines) is 1. The number of rotatable bonds is 3. The van der Waals surface area contributed by atoms with E-state index in [-0.39, 0.29) is 18.0 Å². The highest BCUT2D eigenvalue weighted by Gasteiger charge is 2.23. The predicted octanol–water partition coefficient (Wildman–Crippen LogP) is 3.09. The zero-order valence-electron chi connectivity index (χ0n) is 13.6. The van der Waals surface area contributed by atoms with Crippen LogP contribution in [0.2, 0.25) is 0 Å². The first-order valence-electron chi connectivity index (χ1n) is 7.93. The third-order valence-electron chi connectivity index (χ3n) is 3.90. The van der Waals surface area contributed by atoms with Crippen molar-refractivity contribution in [1.29, 1.82) is 0 Å². The molecule has 1 fully saturated rings. The Hall–Kier alpha value is -2.04. The van der Waals surface area contributed by atoms with Gasteiger partial charge in [0.1, 0.15) is 0 Å². The van der Waals surface area contributed by atoms with Crippen molar-refractivity contribution in [3.63, 3.8) is 0 Å². The summed E-state index contributed by atoms with van der Waals surface area (Å²) in [4.78, 5) is 26.4. The van der Waals surface area contributed by atoms with Gasteiger partial charge in [-0.15, -0.1) is 0 Å². The molecule has 5 nitrogen and oxygen atoms in total. The first kappa shape index (κ1) is 16.3. The van der Waals surface area contributed by atoms with Crippen molar-refractivity contribution in [3.05, 3.63) is 29.8 Å². The van der Waals surface area contributed by atoms with E-state index in [0.29, 0.717) is 17.2 Å². The van der Waals surface area contributed by atoms with Crippen LogP contribution in [0.4, 0.5) is 10.5 Å². The van der Waals surface area contributed by atoms with Crippen molar-refractivity contribution >= 4 is 17.6 Å². The number of hydrogen-bond donors (Lipinski definition) is 2. The summed E-state index contributed by atoms with van der Waals surface area (Å²) < 4.78 is 0. The number of anilines is 1. The first-order chi connectivity index (χ1) is 10.5. The number of hydrogen-bond acceptors (Lipinski definition) is 2. The maximum atomic E-state index is 12.7. The molecule has 3 amide bonds. The van der Waals surface area contributed by atoms with Crippen LogP contribution in [-0.4, -0.2) is 36.0 Å². The highest BCUT2D eigenvalue weighted by Crippen LogP contribution is 2.22. The minimum atomic E-state index is -0.289. The number of carbonyl (C=O) groups excluding carboxylic acids is 2. The van der Waals surface area contributed by atoms with Crippen LogP contribution < -0.4 is 10.6 Å². The molecule has 1 saturated heterocycles. The van der Waals surface area contributed by atoms with Crippen molar-refractivity contribution in [3.8, 4) is 0 Å². The average Bonchev–Trinajstić information content (AvgIpc) is 2.47. The molecule has 22 heavy (non-hydrogen) atoms. The fourth-order valence-corrected chi connectivity index (χ4v) is 2.58. The van der Waals surface area contributed by atoms with Crippen molar-refractivity contribution in [2.45, 2.75) is 39.7 Å². The lowest BCUT2D eigenvalue weighted by Crippen LogP contribution is -2.39. The molecule has 1 aliphatic heterocycles. The van der Waals surface area contributed by atoms with Gasteiger partial charge in [-0.25, -0.2) is 4.79 Å². The van der Waals surface area contributed by atoms with Crippen LogP contribution in [0.5, 0.6) is 0 Å². The van der Waals surface area contributed by atoms with E-state index in [1.165, 1.54) is 0 Å². The highest BCUT2D eigenvalue weighted by molar-refractivity contribution is 6.03. The molecule has 2 rings (SSSR count). The summed E-state index contributed by atoms with van der Waals surface area (Å²) in [5, 5.41) is 5.54. The number of piperidine rings is 1. The fraction of sp³-hybridized carbons (Fsp3) is 0.529. The Kier molecular flexibility index (Phi) is 5.41. The molecule has 120 valence electrons. The van der Waals surface area contributed by atoms with Crippen molar-refractivity contribution in [1.82, 2.24) is 10.2 Å². The molecule has 0 atom stereocenters. The third-order valence-corrected chi connectivity index (χ3v) is 3.90. The Morgan fingerprint density at radius 1 is 1.18 bits per heavy atom. The Morgan fingerprint density at radius 3 is 2.45 bits per heavy atom. The lowest BCUT2D eigenvalue weighted by molar-refractivity contribution is 0.0698. The molecule has 0 saturated carbocycles. The second kappa shape index (κ2) is 7.29. The SMILES string of the molecule is CC1CCN(C(=O)c2ccccc2NC(=O)NC(C)C)CC1. The van der Waals surface area contributed by atoms with Gasteiger partial charge in [-0.1, -0.05) is 19.1 Å². The van der Waals surface area contributed by atoms with Crippen LogP contribution in [0.3, 0.4) is 0 Å². The molecule has 0 unspecified atom stereocenters. The predicted molar refractivity (Wildman–Crippen MR) is 88.0 cm³/mol. The normalized spacial score (nSPS) is 15.7. The minimum absolute atomic E-state index is 0.00709. The standard InChI is InChI=1S/C17H25N3O2/c1-12(2)18-17(22)19-15-7-5-4-6-14(15)16(21)20-10-8-13(3)9-11-20/h4-7,12-13H,8-11H2,1-3H3,(H2,18,19,22). The molecule has 1 aliphatic rings. The summed E-state index contributed by atoms with van der Waals surface area (Å²) >= 11 is 0. The average molecular weight is 303 g/mol. The molecule has 5 heteroatoms. The van der Waals surface area contributed by atoms with E-state index in [9.17, 15) is 9.59 Å². The van der Waals surface area contributed by atoms with E-state index >= 15 is 0 Å². The Morgan fingerprint density at radius 2 is 1.82 bits per heavy atom. The van der Waals surface area contributed by atoms with E-state index in [2.05, 4.69) is 17.6 Å². The molecule has 1 aromatic carbocycles. The maximum absolute atomic E-state index is 12.7. The van der Waals surface area contributed by atoms with Gasteiger partial charge in [0.25, 0.3) is 5.91 Å². The number of nitrogens with zero attached hydrogens (tertiary/aromatic N) is 1. The van der Waals surface area contributed by atoms with Gasteiger partial charge in [0.05, 0.1) is 11.3 Å². The van der Waals surface area contributed by atoms with Gasteiger partial charge in [0.2, 0.25) is 0 Å².